The van der Waals surface area contributed by atoms with E-state index in [1.165, 1.54) is 6.07 Å². The lowest BCUT2D eigenvalue weighted by Crippen LogP contribution is -2.38. The Bertz CT molecular complexity index is 513. The van der Waals surface area contributed by atoms with Crippen LogP contribution in [0.1, 0.15) is 51.0 Å². The van der Waals surface area contributed by atoms with Crippen molar-refractivity contribution in [2.45, 2.75) is 57.6 Å². The second kappa shape index (κ2) is 7.58. The summed E-state index contributed by atoms with van der Waals surface area (Å²) in [6.07, 6.45) is 4.53. The highest BCUT2D eigenvalue weighted by molar-refractivity contribution is 5.77. The molecule has 4 nitrogen and oxygen atoms in total. The lowest BCUT2D eigenvalue weighted by molar-refractivity contribution is -0.127. The molecule has 1 aromatic rings. The van der Waals surface area contributed by atoms with Crippen molar-refractivity contribution in [3.63, 3.8) is 0 Å². The molecule has 0 atom stereocenters. The van der Waals surface area contributed by atoms with Crippen LogP contribution in [0.15, 0.2) is 18.2 Å². The Hall–Kier alpha value is -1.62. The van der Waals surface area contributed by atoms with Crippen LogP contribution < -0.4 is 10.1 Å². The Labute approximate surface area is 130 Å². The SMILES string of the molecule is CCOc1ccc(CNC(=O)CC2(O)CCCCC2)cc1F. The smallest absolute Gasteiger partial charge is 0.223 e. The average Bonchev–Trinajstić information content (AvgIpc) is 2.48. The Morgan fingerprint density at radius 1 is 1.36 bits per heavy atom. The number of carbonyl (C=O) groups excluding carboxylic acids is 1. The van der Waals surface area contributed by atoms with Crippen molar-refractivity contribution >= 4 is 5.91 Å². The lowest BCUT2D eigenvalue weighted by Gasteiger charge is -2.31. The van der Waals surface area contributed by atoms with Gasteiger partial charge in [-0.2, -0.15) is 0 Å². The summed E-state index contributed by atoms with van der Waals surface area (Å²) in [5.74, 6) is -0.410. The summed E-state index contributed by atoms with van der Waals surface area (Å²) in [5.41, 5.74) is -0.197. The molecule has 1 aromatic carbocycles. The van der Waals surface area contributed by atoms with Crippen LogP contribution in [0.4, 0.5) is 4.39 Å². The molecule has 0 spiro atoms. The van der Waals surface area contributed by atoms with Gasteiger partial charge >= 0.3 is 0 Å². The van der Waals surface area contributed by atoms with E-state index < -0.39 is 11.4 Å². The second-order valence-electron chi connectivity index (χ2n) is 5.94. The van der Waals surface area contributed by atoms with E-state index in [-0.39, 0.29) is 24.6 Å². The predicted molar refractivity (Wildman–Crippen MR) is 82.1 cm³/mol. The standard InChI is InChI=1S/C17H24FNO3/c1-2-22-15-7-6-13(10-14(15)18)12-19-16(20)11-17(21)8-4-3-5-9-17/h6-7,10,21H,2-5,8-9,11-12H2,1H3,(H,19,20). The highest BCUT2D eigenvalue weighted by Gasteiger charge is 2.31. The van der Waals surface area contributed by atoms with Gasteiger partial charge in [0.2, 0.25) is 5.91 Å². The third kappa shape index (κ3) is 4.70. The number of nitrogens with one attached hydrogen (secondary N) is 1. The Morgan fingerprint density at radius 3 is 2.73 bits per heavy atom. The van der Waals surface area contributed by atoms with E-state index in [9.17, 15) is 14.3 Å². The van der Waals surface area contributed by atoms with Gasteiger partial charge in [-0.1, -0.05) is 25.3 Å². The minimum atomic E-state index is -0.869. The fourth-order valence-electron chi connectivity index (χ4n) is 2.88. The van der Waals surface area contributed by atoms with Gasteiger partial charge in [-0.25, -0.2) is 4.39 Å². The topological polar surface area (TPSA) is 58.6 Å². The van der Waals surface area contributed by atoms with Gasteiger partial charge in [0.05, 0.1) is 18.6 Å². The van der Waals surface area contributed by atoms with Gasteiger partial charge in [-0.05, 0) is 37.5 Å². The van der Waals surface area contributed by atoms with Gasteiger partial charge < -0.3 is 15.2 Å². The van der Waals surface area contributed by atoms with E-state index in [0.29, 0.717) is 25.0 Å². The fraction of sp³-hybridized carbons (Fsp3) is 0.588. The van der Waals surface area contributed by atoms with Crippen LogP contribution in [0.25, 0.3) is 0 Å². The summed E-state index contributed by atoms with van der Waals surface area (Å²) in [4.78, 5) is 12.0. The number of amides is 1. The van der Waals surface area contributed by atoms with E-state index in [0.717, 1.165) is 19.3 Å². The zero-order valence-corrected chi connectivity index (χ0v) is 13.0. The molecule has 122 valence electrons. The van der Waals surface area contributed by atoms with E-state index in [4.69, 9.17) is 4.74 Å². The molecule has 5 heteroatoms. The fourth-order valence-corrected chi connectivity index (χ4v) is 2.88. The summed E-state index contributed by atoms with van der Waals surface area (Å²) < 4.78 is 18.9. The van der Waals surface area contributed by atoms with E-state index >= 15 is 0 Å². The number of hydrogen-bond donors (Lipinski definition) is 2. The minimum absolute atomic E-state index is 0.118. The van der Waals surface area contributed by atoms with Crippen molar-refractivity contribution in [1.29, 1.82) is 0 Å². The van der Waals surface area contributed by atoms with Crippen molar-refractivity contribution in [1.82, 2.24) is 5.32 Å². The number of halogens is 1. The third-order valence-corrected chi connectivity index (χ3v) is 4.06. The van der Waals surface area contributed by atoms with Gasteiger partial charge in [0.1, 0.15) is 0 Å². The van der Waals surface area contributed by atoms with Gasteiger partial charge in [-0.3, -0.25) is 4.79 Å². The number of carbonyl (C=O) groups is 1. The zero-order valence-electron chi connectivity index (χ0n) is 13.0. The van der Waals surface area contributed by atoms with Crippen LogP contribution in [0.5, 0.6) is 5.75 Å². The monoisotopic (exact) mass is 309 g/mol. The highest BCUT2D eigenvalue weighted by Crippen LogP contribution is 2.30. The Kier molecular flexibility index (Phi) is 5.77. The molecule has 0 saturated heterocycles. The number of ether oxygens (including phenoxy) is 1. The molecule has 0 heterocycles. The Morgan fingerprint density at radius 2 is 2.09 bits per heavy atom. The first kappa shape index (κ1) is 16.7. The molecular formula is C17H24FNO3. The molecule has 0 bridgehead atoms. The molecule has 1 saturated carbocycles. The molecule has 1 amide bonds. The molecule has 1 fully saturated rings. The average molecular weight is 309 g/mol. The first-order valence-corrected chi connectivity index (χ1v) is 7.93. The van der Waals surface area contributed by atoms with E-state index in [2.05, 4.69) is 5.32 Å². The van der Waals surface area contributed by atoms with Crippen LogP contribution >= 0.6 is 0 Å². The first-order chi connectivity index (χ1) is 10.5. The number of aliphatic hydroxyl groups is 1. The van der Waals surface area contributed by atoms with E-state index in [1.807, 2.05) is 0 Å². The van der Waals surface area contributed by atoms with Crippen molar-refractivity contribution in [3.05, 3.63) is 29.6 Å². The highest BCUT2D eigenvalue weighted by atomic mass is 19.1. The quantitative estimate of drug-likeness (QED) is 0.849. The summed E-state index contributed by atoms with van der Waals surface area (Å²) >= 11 is 0. The largest absolute Gasteiger partial charge is 0.491 e. The number of hydrogen-bond acceptors (Lipinski definition) is 3. The summed E-state index contributed by atoms with van der Waals surface area (Å²) in [7, 11) is 0. The van der Waals surface area contributed by atoms with Crippen LogP contribution in [0, 0.1) is 5.82 Å². The van der Waals surface area contributed by atoms with Crippen LogP contribution in [-0.2, 0) is 11.3 Å². The van der Waals surface area contributed by atoms with Gasteiger partial charge in [0.15, 0.2) is 11.6 Å². The van der Waals surface area contributed by atoms with Gasteiger partial charge in [-0.15, -0.1) is 0 Å². The third-order valence-electron chi connectivity index (χ3n) is 4.06. The predicted octanol–water partition coefficient (Wildman–Crippen LogP) is 2.93. The Balaban J connectivity index is 1.84. The van der Waals surface area contributed by atoms with Gasteiger partial charge in [0, 0.05) is 6.54 Å². The maximum Gasteiger partial charge on any atom is 0.223 e. The maximum atomic E-state index is 13.7. The normalized spacial score (nSPS) is 17.0. The molecule has 1 aliphatic carbocycles. The van der Waals surface area contributed by atoms with E-state index in [1.54, 1.807) is 19.1 Å². The van der Waals surface area contributed by atoms with Crippen LogP contribution in [0.3, 0.4) is 0 Å². The molecule has 2 rings (SSSR count). The van der Waals surface area contributed by atoms with Crippen molar-refractivity contribution in [2.75, 3.05) is 6.61 Å². The van der Waals surface area contributed by atoms with Crippen LogP contribution in [-0.4, -0.2) is 23.2 Å². The molecule has 1 aliphatic rings. The minimum Gasteiger partial charge on any atom is -0.491 e. The van der Waals surface area contributed by atoms with Gasteiger partial charge in [0.25, 0.3) is 0 Å². The maximum absolute atomic E-state index is 13.7. The summed E-state index contributed by atoms with van der Waals surface area (Å²) in [5, 5.41) is 13.1. The van der Waals surface area contributed by atoms with Crippen LogP contribution in [0.2, 0.25) is 0 Å². The molecular weight excluding hydrogens is 285 g/mol. The van der Waals surface area contributed by atoms with Crippen molar-refractivity contribution in [3.8, 4) is 5.75 Å². The second-order valence-corrected chi connectivity index (χ2v) is 5.94. The first-order valence-electron chi connectivity index (χ1n) is 7.93. The number of benzene rings is 1. The molecule has 0 aromatic heterocycles. The van der Waals surface area contributed by atoms with Crippen molar-refractivity contribution < 1.29 is 19.0 Å². The van der Waals surface area contributed by atoms with Crippen molar-refractivity contribution in [2.24, 2.45) is 0 Å². The zero-order chi connectivity index (χ0) is 16.0. The molecule has 0 aliphatic heterocycles. The number of rotatable bonds is 6. The molecule has 0 unspecified atom stereocenters. The molecule has 2 N–H and O–H groups in total. The summed E-state index contributed by atoms with van der Waals surface area (Å²) in [6, 6.07) is 4.65. The lowest BCUT2D eigenvalue weighted by atomic mass is 9.82. The molecule has 0 radical (unpaired) electrons. The summed E-state index contributed by atoms with van der Waals surface area (Å²) in [6.45, 7) is 2.45. The molecule has 22 heavy (non-hydrogen) atoms.